The fourth-order valence-corrected chi connectivity index (χ4v) is 2.44. The second kappa shape index (κ2) is 8.03. The molecule has 0 N–H and O–H groups in total. The third kappa shape index (κ3) is 4.27. The summed E-state index contributed by atoms with van der Waals surface area (Å²) in [6, 6.07) is 2.86. The molecule has 126 valence electrons. The number of hydrogen-bond acceptors (Lipinski definition) is 6. The van der Waals surface area contributed by atoms with Crippen molar-refractivity contribution in [3.05, 3.63) is 22.7 Å². The summed E-state index contributed by atoms with van der Waals surface area (Å²) in [5, 5.41) is 0.221. The zero-order valence-corrected chi connectivity index (χ0v) is 13.7. The third-order valence-electron chi connectivity index (χ3n) is 3.36. The Morgan fingerprint density at radius 1 is 1.22 bits per heavy atom. The Morgan fingerprint density at radius 3 is 2.52 bits per heavy atom. The summed E-state index contributed by atoms with van der Waals surface area (Å²) in [7, 11) is 2.88. The van der Waals surface area contributed by atoms with Crippen molar-refractivity contribution in [3.8, 4) is 11.5 Å². The standard InChI is InChI=1S/C15H18ClNO6/c1-20-12-8-10(7-11(16)14(12)21-2)15(19)23-9-13(18)17-3-5-22-6-4-17/h7-8H,3-6,9H2,1-2H3. The molecule has 1 aromatic carbocycles. The number of benzene rings is 1. The van der Waals surface area contributed by atoms with E-state index in [9.17, 15) is 9.59 Å². The maximum absolute atomic E-state index is 12.1. The smallest absolute Gasteiger partial charge is 0.338 e. The number of methoxy groups -OCH3 is 2. The molecule has 1 saturated heterocycles. The van der Waals surface area contributed by atoms with E-state index < -0.39 is 5.97 Å². The molecule has 0 saturated carbocycles. The highest BCUT2D eigenvalue weighted by atomic mass is 35.5. The molecule has 1 aliphatic heterocycles. The number of amides is 1. The number of carbonyl (C=O) groups excluding carboxylic acids is 2. The van der Waals surface area contributed by atoms with Crippen LogP contribution in [0, 0.1) is 0 Å². The van der Waals surface area contributed by atoms with Gasteiger partial charge in [0.25, 0.3) is 5.91 Å². The van der Waals surface area contributed by atoms with E-state index in [1.165, 1.54) is 26.4 Å². The first-order valence-electron chi connectivity index (χ1n) is 7.01. The van der Waals surface area contributed by atoms with Gasteiger partial charge in [0.15, 0.2) is 18.1 Å². The van der Waals surface area contributed by atoms with Gasteiger partial charge < -0.3 is 23.8 Å². The van der Waals surface area contributed by atoms with Crippen molar-refractivity contribution >= 4 is 23.5 Å². The summed E-state index contributed by atoms with van der Waals surface area (Å²) in [6.45, 7) is 1.65. The molecule has 1 aromatic rings. The van der Waals surface area contributed by atoms with E-state index in [0.717, 1.165) is 0 Å². The van der Waals surface area contributed by atoms with Crippen LogP contribution in [-0.2, 0) is 14.3 Å². The number of rotatable bonds is 5. The van der Waals surface area contributed by atoms with Gasteiger partial charge in [0, 0.05) is 13.1 Å². The van der Waals surface area contributed by atoms with Crippen LogP contribution >= 0.6 is 11.6 Å². The van der Waals surface area contributed by atoms with Gasteiger partial charge in [-0.1, -0.05) is 11.6 Å². The molecule has 0 atom stereocenters. The molecule has 1 fully saturated rings. The largest absolute Gasteiger partial charge is 0.493 e. The predicted molar refractivity (Wildman–Crippen MR) is 82.2 cm³/mol. The third-order valence-corrected chi connectivity index (χ3v) is 3.64. The number of hydrogen-bond donors (Lipinski definition) is 0. The number of halogens is 1. The first-order chi connectivity index (χ1) is 11.1. The average molecular weight is 344 g/mol. The van der Waals surface area contributed by atoms with Gasteiger partial charge in [0.1, 0.15) is 0 Å². The second-order valence-corrected chi connectivity index (χ2v) is 5.17. The molecule has 8 heteroatoms. The van der Waals surface area contributed by atoms with Gasteiger partial charge in [-0.15, -0.1) is 0 Å². The van der Waals surface area contributed by atoms with Gasteiger partial charge in [0.05, 0.1) is 38.0 Å². The minimum atomic E-state index is -0.658. The summed E-state index contributed by atoms with van der Waals surface area (Å²) in [6.07, 6.45) is 0. The van der Waals surface area contributed by atoms with E-state index in [4.69, 9.17) is 30.5 Å². The van der Waals surface area contributed by atoms with Crippen LogP contribution < -0.4 is 9.47 Å². The summed E-state index contributed by atoms with van der Waals surface area (Å²) in [5.74, 6) is -0.274. The molecule has 0 unspecified atom stereocenters. The van der Waals surface area contributed by atoms with E-state index in [0.29, 0.717) is 37.8 Å². The van der Waals surface area contributed by atoms with Crippen molar-refractivity contribution in [1.82, 2.24) is 4.90 Å². The van der Waals surface area contributed by atoms with Crippen LogP contribution in [0.4, 0.5) is 0 Å². The highest BCUT2D eigenvalue weighted by molar-refractivity contribution is 6.32. The molecule has 7 nitrogen and oxygen atoms in total. The van der Waals surface area contributed by atoms with E-state index in [1.54, 1.807) is 4.90 Å². The van der Waals surface area contributed by atoms with Gasteiger partial charge in [-0.25, -0.2) is 4.79 Å². The first kappa shape index (κ1) is 17.4. The molecule has 0 spiro atoms. The van der Waals surface area contributed by atoms with Crippen molar-refractivity contribution in [3.63, 3.8) is 0 Å². The van der Waals surface area contributed by atoms with Gasteiger partial charge in [-0.3, -0.25) is 4.79 Å². The van der Waals surface area contributed by atoms with Gasteiger partial charge >= 0.3 is 5.97 Å². The van der Waals surface area contributed by atoms with E-state index in [2.05, 4.69) is 0 Å². The van der Waals surface area contributed by atoms with Crippen molar-refractivity contribution < 1.29 is 28.5 Å². The topological polar surface area (TPSA) is 74.3 Å². The Kier molecular flexibility index (Phi) is 6.06. The Hall–Kier alpha value is -1.99. The van der Waals surface area contributed by atoms with Gasteiger partial charge in [-0.2, -0.15) is 0 Å². The average Bonchev–Trinajstić information content (AvgIpc) is 2.59. The van der Waals surface area contributed by atoms with Crippen LogP contribution in [0.1, 0.15) is 10.4 Å². The molecular weight excluding hydrogens is 326 g/mol. The second-order valence-electron chi connectivity index (χ2n) is 4.76. The molecule has 1 amide bonds. The molecule has 0 bridgehead atoms. The Morgan fingerprint density at radius 2 is 1.91 bits per heavy atom. The molecule has 1 aliphatic rings. The Bertz CT molecular complexity index is 586. The summed E-state index contributed by atoms with van der Waals surface area (Å²) < 4.78 is 20.4. The summed E-state index contributed by atoms with van der Waals surface area (Å²) in [4.78, 5) is 25.6. The van der Waals surface area contributed by atoms with Crippen LogP contribution in [0.25, 0.3) is 0 Å². The fourth-order valence-electron chi connectivity index (χ4n) is 2.15. The van der Waals surface area contributed by atoms with Crippen molar-refractivity contribution in [2.45, 2.75) is 0 Å². The van der Waals surface area contributed by atoms with Crippen molar-refractivity contribution in [1.29, 1.82) is 0 Å². The van der Waals surface area contributed by atoms with Crippen LogP contribution in [-0.4, -0.2) is 63.9 Å². The minimum absolute atomic E-state index is 0.183. The van der Waals surface area contributed by atoms with E-state index >= 15 is 0 Å². The zero-order chi connectivity index (χ0) is 16.8. The number of carbonyl (C=O) groups is 2. The van der Waals surface area contributed by atoms with Crippen molar-refractivity contribution in [2.75, 3.05) is 47.1 Å². The lowest BCUT2D eigenvalue weighted by Crippen LogP contribution is -2.42. The fraction of sp³-hybridized carbons (Fsp3) is 0.467. The Balaban J connectivity index is 2.00. The van der Waals surface area contributed by atoms with E-state index in [-0.39, 0.29) is 23.1 Å². The van der Waals surface area contributed by atoms with Gasteiger partial charge in [0.2, 0.25) is 0 Å². The maximum Gasteiger partial charge on any atom is 0.338 e. The molecule has 23 heavy (non-hydrogen) atoms. The summed E-state index contributed by atoms with van der Waals surface area (Å²) >= 11 is 6.04. The molecule has 0 radical (unpaired) electrons. The van der Waals surface area contributed by atoms with E-state index in [1.807, 2.05) is 0 Å². The highest BCUT2D eigenvalue weighted by Crippen LogP contribution is 2.36. The lowest BCUT2D eigenvalue weighted by Gasteiger charge is -2.26. The van der Waals surface area contributed by atoms with Crippen LogP contribution in [0.15, 0.2) is 12.1 Å². The minimum Gasteiger partial charge on any atom is -0.493 e. The van der Waals surface area contributed by atoms with Crippen molar-refractivity contribution in [2.24, 2.45) is 0 Å². The zero-order valence-electron chi connectivity index (χ0n) is 13.0. The number of ether oxygens (including phenoxy) is 4. The molecule has 2 rings (SSSR count). The van der Waals surface area contributed by atoms with Crippen LogP contribution in [0.2, 0.25) is 5.02 Å². The predicted octanol–water partition coefficient (Wildman–Crippen LogP) is 1.37. The normalized spacial score (nSPS) is 14.3. The SMILES string of the molecule is COc1cc(C(=O)OCC(=O)N2CCOCC2)cc(Cl)c1OC. The van der Waals surface area contributed by atoms with Crippen LogP contribution in [0.5, 0.6) is 11.5 Å². The first-order valence-corrected chi connectivity index (χ1v) is 7.38. The lowest BCUT2D eigenvalue weighted by atomic mass is 10.2. The molecule has 0 aromatic heterocycles. The molecular formula is C15H18ClNO6. The summed E-state index contributed by atoms with van der Waals surface area (Å²) in [5.41, 5.74) is 0.183. The van der Waals surface area contributed by atoms with Crippen LogP contribution in [0.3, 0.4) is 0 Å². The molecule has 0 aliphatic carbocycles. The number of esters is 1. The van der Waals surface area contributed by atoms with Gasteiger partial charge in [-0.05, 0) is 12.1 Å². The lowest BCUT2D eigenvalue weighted by molar-refractivity contribution is -0.138. The quantitative estimate of drug-likeness (QED) is 0.752. The number of morpholine rings is 1. The highest BCUT2D eigenvalue weighted by Gasteiger charge is 2.20. The maximum atomic E-state index is 12.1. The monoisotopic (exact) mass is 343 g/mol. The molecule has 1 heterocycles. The number of nitrogens with zero attached hydrogens (tertiary/aromatic N) is 1. The Labute approximate surface area is 139 Å².